The zero-order chi connectivity index (χ0) is 9.28. The van der Waals surface area contributed by atoms with Gasteiger partial charge in [0.2, 0.25) is 5.24 Å². The van der Waals surface area contributed by atoms with Gasteiger partial charge in [0, 0.05) is 23.5 Å². The Morgan fingerprint density at radius 3 is 2.08 bits per heavy atom. The van der Waals surface area contributed by atoms with Crippen molar-refractivity contribution < 1.29 is 26.7 Å². The van der Waals surface area contributed by atoms with Crippen molar-refractivity contribution in [3.8, 4) is 0 Å². The Bertz CT molecular complexity index is 157. The second-order valence-electron chi connectivity index (χ2n) is 1.72. The number of allylic oxidation sites excluding steroid dienone is 2. The van der Waals surface area contributed by atoms with Gasteiger partial charge in [-0.05, 0) is 18.0 Å². The molecule has 0 aliphatic carbocycles. The van der Waals surface area contributed by atoms with Crippen LogP contribution < -0.4 is 0 Å². The minimum Gasteiger partial charge on any atom is -0.281 e. The van der Waals surface area contributed by atoms with E-state index in [-0.39, 0.29) is 22.3 Å². The SMILES string of the molecule is C=CC(=C)CCC(=O)Cl.[C]=O.[Fe]. The molecule has 0 N–H and O–H groups in total. The molecule has 4 heteroatoms. The number of hydrogen-bond acceptors (Lipinski definition) is 2. The summed E-state index contributed by atoms with van der Waals surface area (Å²) in [5.74, 6) is 0. The van der Waals surface area contributed by atoms with E-state index in [4.69, 9.17) is 16.4 Å². The molecule has 0 spiro atoms. The number of halogens is 1. The predicted molar refractivity (Wildman–Crippen MR) is 45.1 cm³/mol. The largest absolute Gasteiger partial charge is 0.281 e. The number of hydrogen-bond donors (Lipinski definition) is 0. The summed E-state index contributed by atoms with van der Waals surface area (Å²) >= 11 is 5.06. The van der Waals surface area contributed by atoms with Crippen LogP contribution in [0.2, 0.25) is 0 Å². The Morgan fingerprint density at radius 1 is 1.42 bits per heavy atom. The van der Waals surface area contributed by atoms with Gasteiger partial charge in [-0.25, -0.2) is 0 Å². The van der Waals surface area contributed by atoms with Gasteiger partial charge < -0.3 is 0 Å². The van der Waals surface area contributed by atoms with E-state index in [1.54, 1.807) is 6.08 Å². The molecule has 68 valence electrons. The van der Waals surface area contributed by atoms with Crippen molar-refractivity contribution in [2.24, 2.45) is 0 Å². The molecule has 0 heterocycles. The van der Waals surface area contributed by atoms with Crippen molar-refractivity contribution in [3.63, 3.8) is 0 Å². The van der Waals surface area contributed by atoms with Gasteiger partial charge >= 0.3 is 0 Å². The molecule has 0 saturated carbocycles. The number of carbonyl (C=O) groups is 1. The maximum absolute atomic E-state index is 10.2. The van der Waals surface area contributed by atoms with Crippen LogP contribution in [-0.4, -0.2) is 12.0 Å². The summed E-state index contributed by atoms with van der Waals surface area (Å²) in [6.45, 7) is 11.6. The Hall–Kier alpha value is -0.371. The Balaban J connectivity index is -0.000000249. The van der Waals surface area contributed by atoms with Gasteiger partial charge in [-0.3, -0.25) is 9.59 Å². The van der Waals surface area contributed by atoms with Crippen LogP contribution in [0.15, 0.2) is 24.8 Å². The van der Waals surface area contributed by atoms with Crippen molar-refractivity contribution >= 4 is 23.6 Å². The first-order valence-corrected chi connectivity index (χ1v) is 3.23. The third-order valence-electron chi connectivity index (χ3n) is 0.931. The zero-order valence-corrected chi connectivity index (χ0v) is 8.31. The average Bonchev–Trinajstić information content (AvgIpc) is 2.04. The van der Waals surface area contributed by atoms with Gasteiger partial charge in [0.05, 0.1) is 0 Å². The van der Waals surface area contributed by atoms with Gasteiger partial charge in [0.1, 0.15) is 0 Å². The van der Waals surface area contributed by atoms with Gasteiger partial charge in [0.15, 0.2) is 0 Å². The number of carbonyl (C=O) groups excluding carboxylic acids is 2. The van der Waals surface area contributed by atoms with Crippen LogP contribution in [0.25, 0.3) is 0 Å². The van der Waals surface area contributed by atoms with Crippen LogP contribution in [0.1, 0.15) is 12.8 Å². The molecule has 0 aliphatic heterocycles. The van der Waals surface area contributed by atoms with Crippen molar-refractivity contribution in [3.05, 3.63) is 24.8 Å². The van der Waals surface area contributed by atoms with E-state index in [1.165, 1.54) is 0 Å². The smallest absolute Gasteiger partial charge is 0.281 e. The topological polar surface area (TPSA) is 34.1 Å². The summed E-state index contributed by atoms with van der Waals surface area (Å²) < 4.78 is 0. The fraction of sp³-hybridized carbons (Fsp3) is 0.250. The number of rotatable bonds is 4. The van der Waals surface area contributed by atoms with Gasteiger partial charge in [-0.15, -0.1) is 0 Å². The first-order valence-electron chi connectivity index (χ1n) is 2.85. The third kappa shape index (κ3) is 16.3. The summed E-state index contributed by atoms with van der Waals surface area (Å²) in [7, 11) is 0. The van der Waals surface area contributed by atoms with E-state index < -0.39 is 0 Å². The monoisotopic (exact) mass is 228 g/mol. The molecular weight excluding hydrogens is 219 g/mol. The van der Waals surface area contributed by atoms with Crippen LogP contribution in [0.3, 0.4) is 0 Å². The summed E-state index contributed by atoms with van der Waals surface area (Å²) in [6, 6.07) is 0. The molecule has 2 radical (unpaired) electrons. The van der Waals surface area contributed by atoms with Crippen molar-refractivity contribution in [2.45, 2.75) is 12.8 Å². The molecule has 0 saturated heterocycles. The first-order chi connectivity index (χ1) is 5.16. The zero-order valence-electron chi connectivity index (χ0n) is 6.45. The molecule has 0 bridgehead atoms. The fourth-order valence-electron chi connectivity index (χ4n) is 0.361. The van der Waals surface area contributed by atoms with E-state index in [9.17, 15) is 4.79 Å². The summed E-state index contributed by atoms with van der Waals surface area (Å²) in [6.07, 6.45) is 2.60. The quantitative estimate of drug-likeness (QED) is 0.418. The molecule has 0 aromatic carbocycles. The van der Waals surface area contributed by atoms with E-state index in [0.717, 1.165) is 5.57 Å². The van der Waals surface area contributed by atoms with Crippen LogP contribution >= 0.6 is 11.6 Å². The van der Waals surface area contributed by atoms with Crippen LogP contribution in [0.4, 0.5) is 0 Å². The summed E-state index contributed by atoms with van der Waals surface area (Å²) in [5.41, 5.74) is 0.851. The molecule has 0 aromatic rings. The minimum atomic E-state index is -0.321. The first kappa shape index (κ1) is 17.6. The Morgan fingerprint density at radius 2 is 1.83 bits per heavy atom. The van der Waals surface area contributed by atoms with Crippen LogP contribution in [-0.2, 0) is 26.7 Å². The van der Waals surface area contributed by atoms with Crippen molar-refractivity contribution in [1.82, 2.24) is 0 Å². The summed E-state index contributed by atoms with van der Waals surface area (Å²) in [5, 5.41) is -0.321. The molecule has 0 fully saturated rings. The molecule has 0 aromatic heterocycles. The van der Waals surface area contributed by atoms with Gasteiger partial charge in [-0.1, -0.05) is 24.8 Å². The fourth-order valence-corrected chi connectivity index (χ4v) is 0.455. The van der Waals surface area contributed by atoms with Gasteiger partial charge in [0.25, 0.3) is 6.79 Å². The second-order valence-corrected chi connectivity index (χ2v) is 2.14. The average molecular weight is 228 g/mol. The van der Waals surface area contributed by atoms with Crippen molar-refractivity contribution in [2.75, 3.05) is 0 Å². The Kier molecular flexibility index (Phi) is 19.5. The molecule has 2 nitrogen and oxygen atoms in total. The molecule has 12 heavy (non-hydrogen) atoms. The Labute approximate surface area is 88.1 Å². The maximum atomic E-state index is 10.2. The predicted octanol–water partition coefficient (Wildman–Crippen LogP) is 1.87. The van der Waals surface area contributed by atoms with Gasteiger partial charge in [-0.2, -0.15) is 0 Å². The van der Waals surface area contributed by atoms with E-state index >= 15 is 0 Å². The summed E-state index contributed by atoms with van der Waals surface area (Å²) in [4.78, 5) is 17.7. The van der Waals surface area contributed by atoms with Crippen molar-refractivity contribution in [1.29, 1.82) is 0 Å². The van der Waals surface area contributed by atoms with E-state index in [2.05, 4.69) is 19.9 Å². The third-order valence-corrected chi connectivity index (χ3v) is 1.12. The van der Waals surface area contributed by atoms with E-state index in [0.29, 0.717) is 12.8 Å². The molecular formula is C8H9ClFeO2. The van der Waals surface area contributed by atoms with Crippen LogP contribution in [0.5, 0.6) is 0 Å². The van der Waals surface area contributed by atoms with Crippen LogP contribution in [0, 0.1) is 0 Å². The molecule has 0 unspecified atom stereocenters. The standard InChI is InChI=1S/C7H9ClO.CO.Fe/c1-3-6(2)4-5-7(8)9;1-2;/h3H,1-2,4-5H2;;. The molecule has 0 amide bonds. The molecule has 0 aliphatic rings. The normalized spacial score (nSPS) is 6.75. The molecule has 0 rings (SSSR count). The molecule has 0 atom stereocenters. The maximum Gasteiger partial charge on any atom is 0.281 e. The second kappa shape index (κ2) is 13.2. The van der Waals surface area contributed by atoms with E-state index in [1.807, 2.05) is 0 Å². The minimum absolute atomic E-state index is 0.